The lowest BCUT2D eigenvalue weighted by molar-refractivity contribution is 0.0535. The molecule has 1 N–H and O–H groups in total. The van der Waals surface area contributed by atoms with Crippen molar-refractivity contribution in [3.8, 4) is 11.8 Å². The van der Waals surface area contributed by atoms with Gasteiger partial charge < -0.3 is 10.1 Å². The predicted molar refractivity (Wildman–Crippen MR) is 77.1 cm³/mol. The Morgan fingerprint density at radius 3 is 2.68 bits per heavy atom. The molecule has 0 aliphatic carbocycles. The average Bonchev–Trinajstić information content (AvgIpc) is 2.33. The van der Waals surface area contributed by atoms with E-state index >= 15 is 0 Å². The van der Waals surface area contributed by atoms with Gasteiger partial charge in [0.05, 0.1) is 6.54 Å². The Hall–Kier alpha value is -1.66. The van der Waals surface area contributed by atoms with Crippen LogP contribution in [-0.2, 0) is 10.6 Å². The Morgan fingerprint density at radius 2 is 2.05 bits per heavy atom. The second kappa shape index (κ2) is 7.06. The fourth-order valence-corrected chi connectivity index (χ4v) is 1.56. The van der Waals surface area contributed by atoms with Gasteiger partial charge in [0, 0.05) is 11.4 Å². The smallest absolute Gasteiger partial charge is 0.408 e. The Morgan fingerprint density at radius 1 is 1.37 bits per heavy atom. The number of halogens is 1. The number of nitrogens with one attached hydrogen (secondary N) is 1. The molecule has 0 aromatic heterocycles. The number of hydrogen-bond donors (Lipinski definition) is 1. The van der Waals surface area contributed by atoms with E-state index in [4.69, 9.17) is 16.3 Å². The summed E-state index contributed by atoms with van der Waals surface area (Å²) in [5.41, 5.74) is 1.36. The molecule has 102 valence electrons. The molecule has 1 aromatic carbocycles. The Labute approximate surface area is 119 Å². The van der Waals surface area contributed by atoms with Crippen LogP contribution < -0.4 is 5.32 Å². The molecule has 0 saturated heterocycles. The van der Waals surface area contributed by atoms with E-state index in [9.17, 15) is 4.79 Å². The third kappa shape index (κ3) is 6.17. The zero-order valence-corrected chi connectivity index (χ0v) is 12.2. The largest absolute Gasteiger partial charge is 0.444 e. The van der Waals surface area contributed by atoms with Gasteiger partial charge in [-0.05, 0) is 32.4 Å². The molecular weight excluding hydrogens is 262 g/mol. The molecule has 0 radical (unpaired) electrons. The Balaban J connectivity index is 2.50. The fourth-order valence-electron chi connectivity index (χ4n) is 1.33. The normalized spacial score (nSPS) is 10.3. The van der Waals surface area contributed by atoms with Crippen LogP contribution >= 0.6 is 11.6 Å². The second-order valence-corrected chi connectivity index (χ2v) is 5.22. The molecule has 3 nitrogen and oxygen atoms in total. The molecule has 0 saturated carbocycles. The third-order valence-corrected chi connectivity index (χ3v) is 2.39. The molecule has 1 amide bonds. The monoisotopic (exact) mass is 279 g/mol. The molecule has 0 aliphatic heterocycles. The number of benzene rings is 1. The number of ether oxygens (including phenoxy) is 1. The minimum atomic E-state index is -0.497. The minimum Gasteiger partial charge on any atom is -0.444 e. The van der Waals surface area contributed by atoms with Crippen LogP contribution in [0.15, 0.2) is 24.3 Å². The van der Waals surface area contributed by atoms with Gasteiger partial charge in [-0.25, -0.2) is 4.79 Å². The van der Waals surface area contributed by atoms with Gasteiger partial charge in [0.15, 0.2) is 0 Å². The highest BCUT2D eigenvalue weighted by atomic mass is 35.5. The molecule has 0 unspecified atom stereocenters. The van der Waals surface area contributed by atoms with Crippen LogP contribution in [0.1, 0.15) is 31.9 Å². The van der Waals surface area contributed by atoms with Crippen molar-refractivity contribution in [2.45, 2.75) is 32.3 Å². The molecule has 1 aromatic rings. The molecule has 1 rings (SSSR count). The molecule has 0 spiro atoms. The highest BCUT2D eigenvalue weighted by molar-refractivity contribution is 6.17. The van der Waals surface area contributed by atoms with Gasteiger partial charge in [0.2, 0.25) is 0 Å². The Bertz CT molecular complexity index is 495. The van der Waals surface area contributed by atoms with Crippen LogP contribution in [0, 0.1) is 11.8 Å². The van der Waals surface area contributed by atoms with Crippen LogP contribution in [0.2, 0.25) is 0 Å². The number of hydrogen-bond acceptors (Lipinski definition) is 2. The van der Waals surface area contributed by atoms with E-state index < -0.39 is 11.7 Å². The lowest BCUT2D eigenvalue weighted by Gasteiger charge is -2.19. The van der Waals surface area contributed by atoms with Gasteiger partial charge in [-0.3, -0.25) is 0 Å². The van der Waals surface area contributed by atoms with Gasteiger partial charge in [-0.15, -0.1) is 11.6 Å². The first-order valence-electron chi connectivity index (χ1n) is 6.02. The van der Waals surface area contributed by atoms with E-state index in [0.717, 1.165) is 11.1 Å². The summed E-state index contributed by atoms with van der Waals surface area (Å²) in [6.07, 6.45) is -0.465. The summed E-state index contributed by atoms with van der Waals surface area (Å²) < 4.78 is 5.10. The maximum atomic E-state index is 11.4. The minimum absolute atomic E-state index is 0.242. The molecule has 19 heavy (non-hydrogen) atoms. The lowest BCUT2D eigenvalue weighted by atomic mass is 10.1. The molecule has 0 atom stereocenters. The lowest BCUT2D eigenvalue weighted by Crippen LogP contribution is -2.32. The fraction of sp³-hybridized carbons (Fsp3) is 0.400. The number of alkyl halides is 1. The Kier molecular flexibility index (Phi) is 5.72. The topological polar surface area (TPSA) is 38.3 Å². The summed E-state index contributed by atoms with van der Waals surface area (Å²) in [5, 5.41) is 2.58. The van der Waals surface area contributed by atoms with Crippen molar-refractivity contribution >= 4 is 17.7 Å². The zero-order valence-electron chi connectivity index (χ0n) is 11.4. The molecule has 0 bridgehead atoms. The van der Waals surface area contributed by atoms with Gasteiger partial charge >= 0.3 is 6.09 Å². The summed E-state index contributed by atoms with van der Waals surface area (Å²) in [5.74, 6) is 6.27. The van der Waals surface area contributed by atoms with Crippen molar-refractivity contribution < 1.29 is 9.53 Å². The maximum absolute atomic E-state index is 11.4. The van der Waals surface area contributed by atoms with E-state index in [1.807, 2.05) is 45.0 Å². The van der Waals surface area contributed by atoms with E-state index in [1.165, 1.54) is 0 Å². The van der Waals surface area contributed by atoms with Gasteiger partial charge in [-0.1, -0.05) is 30.0 Å². The summed E-state index contributed by atoms with van der Waals surface area (Å²) in [6.45, 7) is 5.68. The van der Waals surface area contributed by atoms with Crippen molar-refractivity contribution in [2.75, 3.05) is 6.54 Å². The number of carbonyl (C=O) groups excluding carboxylic acids is 1. The predicted octanol–water partition coefficient (Wildman–Crippen LogP) is 3.30. The van der Waals surface area contributed by atoms with Crippen LogP contribution in [0.5, 0.6) is 0 Å². The summed E-state index contributed by atoms with van der Waals surface area (Å²) in [7, 11) is 0. The average molecular weight is 280 g/mol. The van der Waals surface area contributed by atoms with Crippen molar-refractivity contribution in [3.63, 3.8) is 0 Å². The molecule has 0 heterocycles. The first kappa shape index (κ1) is 15.4. The van der Waals surface area contributed by atoms with Crippen LogP contribution in [0.25, 0.3) is 0 Å². The molecule has 0 fully saturated rings. The van der Waals surface area contributed by atoms with E-state index in [2.05, 4.69) is 17.2 Å². The first-order chi connectivity index (χ1) is 8.92. The van der Waals surface area contributed by atoms with Gasteiger partial charge in [0.1, 0.15) is 5.60 Å². The summed E-state index contributed by atoms with van der Waals surface area (Å²) in [4.78, 5) is 11.4. The van der Waals surface area contributed by atoms with Crippen LogP contribution in [-0.4, -0.2) is 18.2 Å². The SMILES string of the molecule is CC(C)(C)OC(=O)NCC#Cc1ccccc1CCl. The number of alkyl carbamates (subject to hydrolysis) is 1. The summed E-state index contributed by atoms with van der Waals surface area (Å²) in [6, 6.07) is 7.65. The number of amides is 1. The quantitative estimate of drug-likeness (QED) is 0.666. The van der Waals surface area contributed by atoms with E-state index in [-0.39, 0.29) is 6.54 Å². The molecular formula is C15H18ClNO2. The summed E-state index contributed by atoms with van der Waals surface area (Å²) >= 11 is 5.81. The number of rotatable bonds is 2. The van der Waals surface area contributed by atoms with E-state index in [1.54, 1.807) is 0 Å². The van der Waals surface area contributed by atoms with E-state index in [0.29, 0.717) is 5.88 Å². The van der Waals surface area contributed by atoms with Crippen LogP contribution in [0.3, 0.4) is 0 Å². The number of carbonyl (C=O) groups is 1. The van der Waals surface area contributed by atoms with Crippen molar-refractivity contribution in [2.24, 2.45) is 0 Å². The van der Waals surface area contributed by atoms with Crippen molar-refractivity contribution in [1.29, 1.82) is 0 Å². The first-order valence-corrected chi connectivity index (χ1v) is 6.55. The van der Waals surface area contributed by atoms with Crippen molar-refractivity contribution in [3.05, 3.63) is 35.4 Å². The standard InChI is InChI=1S/C15H18ClNO2/c1-15(2,3)19-14(18)17-10-6-9-12-7-4-5-8-13(12)11-16/h4-5,7-8H,10-11H2,1-3H3,(H,17,18). The van der Waals surface area contributed by atoms with Crippen LogP contribution in [0.4, 0.5) is 4.79 Å². The highest BCUT2D eigenvalue weighted by Gasteiger charge is 2.14. The molecule has 4 heteroatoms. The van der Waals surface area contributed by atoms with Gasteiger partial charge in [0.25, 0.3) is 0 Å². The second-order valence-electron chi connectivity index (χ2n) is 4.95. The third-order valence-electron chi connectivity index (χ3n) is 2.10. The zero-order chi connectivity index (χ0) is 14.3. The molecule has 0 aliphatic rings. The van der Waals surface area contributed by atoms with Gasteiger partial charge in [-0.2, -0.15) is 0 Å². The van der Waals surface area contributed by atoms with Crippen molar-refractivity contribution in [1.82, 2.24) is 5.32 Å². The maximum Gasteiger partial charge on any atom is 0.408 e. The highest BCUT2D eigenvalue weighted by Crippen LogP contribution is 2.09.